The Morgan fingerprint density at radius 1 is 1.53 bits per heavy atom. The van der Waals surface area contributed by atoms with Gasteiger partial charge in [0.25, 0.3) is 0 Å². The van der Waals surface area contributed by atoms with Crippen LogP contribution in [0.1, 0.15) is 12.5 Å². The van der Waals surface area contributed by atoms with E-state index in [2.05, 4.69) is 5.32 Å². The normalized spacial score (nSPS) is 12.5. The second kappa shape index (κ2) is 7.50. The van der Waals surface area contributed by atoms with Crippen molar-refractivity contribution in [1.29, 1.82) is 0 Å². The van der Waals surface area contributed by atoms with Gasteiger partial charge in [-0.3, -0.25) is 0 Å². The van der Waals surface area contributed by atoms with Crippen LogP contribution in [-0.4, -0.2) is 30.9 Å². The third kappa shape index (κ3) is 4.91. The van der Waals surface area contributed by atoms with Crippen molar-refractivity contribution in [1.82, 2.24) is 5.32 Å². The minimum absolute atomic E-state index is 0.0168. The minimum Gasteiger partial charge on any atom is -0.492 e. The Hall–Kier alpha value is -0.810. The van der Waals surface area contributed by atoms with Gasteiger partial charge in [-0.25, -0.2) is 0 Å². The van der Waals surface area contributed by atoms with Crippen molar-refractivity contribution in [2.45, 2.75) is 19.5 Å². The van der Waals surface area contributed by atoms with Gasteiger partial charge < -0.3 is 20.9 Å². The zero-order chi connectivity index (χ0) is 12.7. The topological polar surface area (TPSA) is 67.5 Å². The van der Waals surface area contributed by atoms with Gasteiger partial charge in [0.05, 0.1) is 18.2 Å². The number of ether oxygens (including phenoxy) is 1. The van der Waals surface area contributed by atoms with E-state index in [1.165, 1.54) is 0 Å². The van der Waals surface area contributed by atoms with Crippen LogP contribution in [0.25, 0.3) is 0 Å². The first-order valence-electron chi connectivity index (χ1n) is 5.65. The molecule has 96 valence electrons. The summed E-state index contributed by atoms with van der Waals surface area (Å²) in [6.07, 6.45) is 0. The number of aliphatic hydroxyl groups excluding tert-OH is 1. The minimum atomic E-state index is -0.229. The molecule has 5 heteroatoms. The maximum atomic E-state index is 8.77. The molecule has 0 spiro atoms. The summed E-state index contributed by atoms with van der Waals surface area (Å²) in [7, 11) is 0. The molecule has 0 bridgehead atoms. The lowest BCUT2D eigenvalue weighted by Gasteiger charge is -2.11. The van der Waals surface area contributed by atoms with E-state index in [-0.39, 0.29) is 12.6 Å². The van der Waals surface area contributed by atoms with Crippen LogP contribution >= 0.6 is 11.6 Å². The van der Waals surface area contributed by atoms with Crippen LogP contribution < -0.4 is 15.8 Å². The Balaban J connectivity index is 2.47. The lowest BCUT2D eigenvalue weighted by atomic mass is 10.2. The van der Waals surface area contributed by atoms with Crippen molar-refractivity contribution in [3.8, 4) is 5.75 Å². The smallest absolute Gasteiger partial charge is 0.137 e. The first kappa shape index (κ1) is 14.3. The average molecular weight is 259 g/mol. The van der Waals surface area contributed by atoms with Crippen molar-refractivity contribution < 1.29 is 9.84 Å². The maximum absolute atomic E-state index is 8.77. The predicted octanol–water partition coefficient (Wildman–Crippen LogP) is 1.15. The summed E-state index contributed by atoms with van der Waals surface area (Å²) in [5.41, 5.74) is 6.63. The Labute approximate surface area is 107 Å². The van der Waals surface area contributed by atoms with Crippen molar-refractivity contribution >= 4 is 11.6 Å². The van der Waals surface area contributed by atoms with E-state index in [0.717, 1.165) is 5.56 Å². The van der Waals surface area contributed by atoms with E-state index in [1.807, 2.05) is 25.1 Å². The zero-order valence-corrected chi connectivity index (χ0v) is 10.7. The van der Waals surface area contributed by atoms with E-state index in [1.54, 1.807) is 0 Å². The van der Waals surface area contributed by atoms with Crippen LogP contribution in [0.3, 0.4) is 0 Å². The molecule has 1 rings (SSSR count). The number of halogens is 1. The number of hydrogen-bond donors (Lipinski definition) is 3. The SMILES string of the molecule is CCOc1ccc(CNCC(N)CO)cc1Cl. The molecule has 0 heterocycles. The Morgan fingerprint density at radius 3 is 2.88 bits per heavy atom. The second-order valence-electron chi connectivity index (χ2n) is 3.77. The molecule has 0 radical (unpaired) electrons. The van der Waals surface area contributed by atoms with Crippen molar-refractivity contribution in [2.75, 3.05) is 19.8 Å². The quantitative estimate of drug-likeness (QED) is 0.686. The van der Waals surface area contributed by atoms with E-state index in [0.29, 0.717) is 30.5 Å². The number of nitrogens with one attached hydrogen (secondary N) is 1. The first-order chi connectivity index (χ1) is 8.17. The largest absolute Gasteiger partial charge is 0.492 e. The van der Waals surface area contributed by atoms with Crippen molar-refractivity contribution in [3.05, 3.63) is 28.8 Å². The summed E-state index contributed by atoms with van der Waals surface area (Å²) >= 11 is 6.06. The fourth-order valence-corrected chi connectivity index (χ4v) is 1.65. The third-order valence-electron chi connectivity index (χ3n) is 2.27. The van der Waals surface area contributed by atoms with Gasteiger partial charge in [0.2, 0.25) is 0 Å². The van der Waals surface area contributed by atoms with E-state index in [4.69, 9.17) is 27.2 Å². The predicted molar refractivity (Wildman–Crippen MR) is 69.4 cm³/mol. The Morgan fingerprint density at radius 2 is 2.29 bits per heavy atom. The molecular formula is C12H19ClN2O2. The van der Waals surface area contributed by atoms with Gasteiger partial charge in [-0.1, -0.05) is 17.7 Å². The molecule has 0 aliphatic rings. The molecule has 0 saturated heterocycles. The molecule has 0 aliphatic carbocycles. The van der Waals surface area contributed by atoms with Crippen LogP contribution in [0, 0.1) is 0 Å². The Kier molecular flexibility index (Phi) is 6.29. The van der Waals surface area contributed by atoms with Crippen LogP contribution in [0.2, 0.25) is 5.02 Å². The summed E-state index contributed by atoms with van der Waals surface area (Å²) in [5.74, 6) is 0.699. The van der Waals surface area contributed by atoms with E-state index >= 15 is 0 Å². The summed E-state index contributed by atoms with van der Waals surface area (Å²) < 4.78 is 5.35. The monoisotopic (exact) mass is 258 g/mol. The van der Waals surface area contributed by atoms with Gasteiger partial charge in [0.15, 0.2) is 0 Å². The van der Waals surface area contributed by atoms with Crippen LogP contribution in [0.4, 0.5) is 0 Å². The van der Waals surface area contributed by atoms with Gasteiger partial charge >= 0.3 is 0 Å². The number of rotatable bonds is 7. The van der Waals surface area contributed by atoms with Crippen molar-refractivity contribution in [2.24, 2.45) is 5.73 Å². The maximum Gasteiger partial charge on any atom is 0.137 e. The molecule has 17 heavy (non-hydrogen) atoms. The molecule has 0 fully saturated rings. The number of hydrogen-bond acceptors (Lipinski definition) is 4. The molecule has 1 aromatic rings. The molecule has 0 aliphatic heterocycles. The standard InChI is InChI=1S/C12H19ClN2O2/c1-2-17-12-4-3-9(5-11(12)13)6-15-7-10(14)8-16/h3-5,10,15-16H,2,6-8,14H2,1H3. The second-order valence-corrected chi connectivity index (χ2v) is 4.18. The Bertz CT molecular complexity index is 347. The fraction of sp³-hybridized carbons (Fsp3) is 0.500. The van der Waals surface area contributed by atoms with Gasteiger partial charge in [-0.2, -0.15) is 0 Å². The molecule has 1 atom stereocenters. The highest BCUT2D eigenvalue weighted by Gasteiger charge is 2.03. The first-order valence-corrected chi connectivity index (χ1v) is 6.03. The van der Waals surface area contributed by atoms with Gasteiger partial charge in [-0.15, -0.1) is 0 Å². The molecular weight excluding hydrogens is 240 g/mol. The van der Waals surface area contributed by atoms with Gasteiger partial charge in [0.1, 0.15) is 5.75 Å². The van der Waals surface area contributed by atoms with Crippen LogP contribution in [0.5, 0.6) is 5.75 Å². The highest BCUT2D eigenvalue weighted by atomic mass is 35.5. The van der Waals surface area contributed by atoms with Crippen LogP contribution in [-0.2, 0) is 6.54 Å². The number of benzene rings is 1. The van der Waals surface area contributed by atoms with Gasteiger partial charge in [-0.05, 0) is 24.6 Å². The summed E-state index contributed by atoms with van der Waals surface area (Å²) in [5, 5.41) is 12.5. The van der Waals surface area contributed by atoms with Gasteiger partial charge in [0, 0.05) is 19.1 Å². The molecule has 4 N–H and O–H groups in total. The van der Waals surface area contributed by atoms with E-state index in [9.17, 15) is 0 Å². The van der Waals surface area contributed by atoms with E-state index < -0.39 is 0 Å². The molecule has 4 nitrogen and oxygen atoms in total. The number of nitrogens with two attached hydrogens (primary N) is 1. The summed E-state index contributed by atoms with van der Waals surface area (Å²) in [6, 6.07) is 5.45. The lowest BCUT2D eigenvalue weighted by Crippen LogP contribution is -2.36. The third-order valence-corrected chi connectivity index (χ3v) is 2.56. The molecule has 1 aromatic carbocycles. The summed E-state index contributed by atoms with van der Waals surface area (Å²) in [6.45, 7) is 3.74. The highest BCUT2D eigenvalue weighted by molar-refractivity contribution is 6.32. The zero-order valence-electron chi connectivity index (χ0n) is 9.95. The molecule has 0 amide bonds. The number of aliphatic hydroxyl groups is 1. The lowest BCUT2D eigenvalue weighted by molar-refractivity contribution is 0.262. The molecule has 0 aromatic heterocycles. The summed E-state index contributed by atoms with van der Waals surface area (Å²) in [4.78, 5) is 0. The van der Waals surface area contributed by atoms with Crippen LogP contribution in [0.15, 0.2) is 18.2 Å². The average Bonchev–Trinajstić information content (AvgIpc) is 2.32. The molecule has 0 saturated carbocycles. The fourth-order valence-electron chi connectivity index (χ4n) is 1.39. The van der Waals surface area contributed by atoms with Crippen molar-refractivity contribution in [3.63, 3.8) is 0 Å². The highest BCUT2D eigenvalue weighted by Crippen LogP contribution is 2.25. The molecule has 1 unspecified atom stereocenters.